The van der Waals surface area contributed by atoms with E-state index in [1.54, 1.807) is 13.8 Å². The van der Waals surface area contributed by atoms with Gasteiger partial charge in [0.2, 0.25) is 17.7 Å². The third kappa shape index (κ3) is 12.1. The van der Waals surface area contributed by atoms with E-state index in [2.05, 4.69) is 16.0 Å². The molecular formula is C20H35N5O9. The third-order valence-corrected chi connectivity index (χ3v) is 4.83. The summed E-state index contributed by atoms with van der Waals surface area (Å²) in [7, 11) is 0. The van der Waals surface area contributed by atoms with Crippen molar-refractivity contribution in [3.05, 3.63) is 0 Å². The topological polar surface area (TPSA) is 251 Å². The van der Waals surface area contributed by atoms with Crippen molar-refractivity contribution in [2.45, 2.75) is 76.5 Å². The molecule has 0 spiro atoms. The zero-order valence-corrected chi connectivity index (χ0v) is 19.3. The van der Waals surface area contributed by atoms with Gasteiger partial charge in [-0.05, 0) is 31.7 Å². The summed E-state index contributed by atoms with van der Waals surface area (Å²) in [6.07, 6.45) is -0.361. The van der Waals surface area contributed by atoms with Crippen LogP contribution in [0.4, 0.5) is 0 Å². The molecule has 10 N–H and O–H groups in total. The Morgan fingerprint density at radius 3 is 1.79 bits per heavy atom. The molecule has 0 saturated heterocycles. The second-order valence-corrected chi connectivity index (χ2v) is 8.11. The van der Waals surface area contributed by atoms with Gasteiger partial charge in [-0.1, -0.05) is 20.3 Å². The molecule has 0 aromatic heterocycles. The summed E-state index contributed by atoms with van der Waals surface area (Å²) in [5.41, 5.74) is 11.1. The number of aliphatic carboxylic acids is 3. The van der Waals surface area contributed by atoms with Gasteiger partial charge in [-0.3, -0.25) is 24.0 Å². The minimum Gasteiger partial charge on any atom is -0.481 e. The summed E-state index contributed by atoms with van der Waals surface area (Å²) in [5, 5.41) is 34.0. The molecule has 14 nitrogen and oxygen atoms in total. The van der Waals surface area contributed by atoms with Gasteiger partial charge in [0, 0.05) is 6.42 Å². The Bertz CT molecular complexity index is 744. The Morgan fingerprint density at radius 2 is 1.32 bits per heavy atom. The number of hydrogen-bond donors (Lipinski definition) is 8. The number of nitrogens with one attached hydrogen (secondary N) is 3. The Kier molecular flexibility index (Phi) is 14.1. The van der Waals surface area contributed by atoms with Gasteiger partial charge in [0.25, 0.3) is 0 Å². The normalized spacial score (nSPS) is 14.4. The number of carboxylic acid groups (broad SMARTS) is 3. The highest BCUT2D eigenvalue weighted by Crippen LogP contribution is 2.06. The van der Waals surface area contributed by atoms with Gasteiger partial charge in [-0.2, -0.15) is 0 Å². The van der Waals surface area contributed by atoms with Crippen LogP contribution in [-0.2, 0) is 28.8 Å². The first-order valence-electron chi connectivity index (χ1n) is 10.8. The predicted octanol–water partition coefficient (Wildman–Crippen LogP) is -2.02. The van der Waals surface area contributed by atoms with Crippen LogP contribution < -0.4 is 27.4 Å². The fourth-order valence-corrected chi connectivity index (χ4v) is 2.88. The molecule has 14 heteroatoms. The molecule has 0 bridgehead atoms. The highest BCUT2D eigenvalue weighted by molar-refractivity contribution is 5.95. The first-order valence-corrected chi connectivity index (χ1v) is 10.8. The van der Waals surface area contributed by atoms with E-state index in [9.17, 15) is 33.9 Å². The van der Waals surface area contributed by atoms with E-state index in [1.807, 2.05) is 0 Å². The van der Waals surface area contributed by atoms with E-state index in [1.165, 1.54) is 0 Å². The highest BCUT2D eigenvalue weighted by Gasteiger charge is 2.32. The van der Waals surface area contributed by atoms with E-state index in [0.717, 1.165) is 0 Å². The lowest BCUT2D eigenvalue weighted by Gasteiger charge is -2.25. The fraction of sp³-hybridized carbons (Fsp3) is 0.700. The molecule has 0 aliphatic carbocycles. The summed E-state index contributed by atoms with van der Waals surface area (Å²) in [5.74, 6) is -7.35. The van der Waals surface area contributed by atoms with E-state index in [4.69, 9.17) is 21.7 Å². The molecule has 0 fully saturated rings. The Balaban J connectivity index is 5.50. The lowest BCUT2D eigenvalue weighted by molar-refractivity contribution is -0.144. The number of rotatable bonds is 17. The third-order valence-electron chi connectivity index (χ3n) is 4.83. The van der Waals surface area contributed by atoms with Crippen molar-refractivity contribution in [3.63, 3.8) is 0 Å². The summed E-state index contributed by atoms with van der Waals surface area (Å²) < 4.78 is 0. The van der Waals surface area contributed by atoms with Crippen molar-refractivity contribution in [2.75, 3.05) is 6.54 Å². The number of carbonyl (C=O) groups is 6. The first kappa shape index (κ1) is 30.7. The van der Waals surface area contributed by atoms with E-state index < -0.39 is 85.0 Å². The second kappa shape index (κ2) is 15.6. The summed E-state index contributed by atoms with van der Waals surface area (Å²) in [6.45, 7) is 3.48. The lowest BCUT2D eigenvalue weighted by Crippen LogP contribution is -2.58. The Morgan fingerprint density at radius 1 is 0.765 bits per heavy atom. The molecule has 4 unspecified atom stereocenters. The van der Waals surface area contributed by atoms with Crippen molar-refractivity contribution in [1.29, 1.82) is 0 Å². The molecule has 0 radical (unpaired) electrons. The second-order valence-electron chi connectivity index (χ2n) is 8.11. The number of carboxylic acids is 3. The SMILES string of the molecule is CC(C)C(NC(=O)C(CCC(=O)O)NC(=O)C(CC(=O)O)NC(=O)C(N)CCCCN)C(=O)O. The van der Waals surface area contributed by atoms with Crippen LogP contribution in [0, 0.1) is 5.92 Å². The smallest absolute Gasteiger partial charge is 0.326 e. The highest BCUT2D eigenvalue weighted by atomic mass is 16.4. The van der Waals surface area contributed by atoms with Crippen LogP contribution in [0.5, 0.6) is 0 Å². The van der Waals surface area contributed by atoms with E-state index in [0.29, 0.717) is 19.4 Å². The predicted molar refractivity (Wildman–Crippen MR) is 118 cm³/mol. The Hall–Kier alpha value is -3.26. The zero-order chi connectivity index (χ0) is 26.4. The van der Waals surface area contributed by atoms with Gasteiger partial charge in [0.15, 0.2) is 0 Å². The minimum absolute atomic E-state index is 0.250. The van der Waals surface area contributed by atoms with Crippen molar-refractivity contribution in [3.8, 4) is 0 Å². The average Bonchev–Trinajstić information content (AvgIpc) is 2.72. The summed E-state index contributed by atoms with van der Waals surface area (Å²) >= 11 is 0. The molecule has 194 valence electrons. The molecule has 3 amide bonds. The van der Waals surface area contributed by atoms with Crippen LogP contribution in [-0.4, -0.2) is 81.7 Å². The lowest BCUT2D eigenvalue weighted by atomic mass is 10.0. The summed E-state index contributed by atoms with van der Waals surface area (Å²) in [6, 6.07) is -5.43. The maximum atomic E-state index is 12.7. The molecule has 0 rings (SSSR count). The van der Waals surface area contributed by atoms with Gasteiger partial charge in [0.05, 0.1) is 12.5 Å². The first-order chi connectivity index (χ1) is 15.8. The molecule has 0 aromatic rings. The van der Waals surface area contributed by atoms with E-state index >= 15 is 0 Å². The van der Waals surface area contributed by atoms with Crippen molar-refractivity contribution >= 4 is 35.6 Å². The van der Waals surface area contributed by atoms with Crippen LogP contribution >= 0.6 is 0 Å². The Labute approximate surface area is 196 Å². The van der Waals surface area contributed by atoms with E-state index in [-0.39, 0.29) is 6.42 Å². The maximum Gasteiger partial charge on any atom is 0.326 e. The van der Waals surface area contributed by atoms with Gasteiger partial charge < -0.3 is 42.7 Å². The van der Waals surface area contributed by atoms with Crippen molar-refractivity contribution in [1.82, 2.24) is 16.0 Å². The van der Waals surface area contributed by atoms with Crippen LogP contribution in [0.15, 0.2) is 0 Å². The number of carbonyl (C=O) groups excluding carboxylic acids is 3. The standard InChI is InChI=1S/C20H35N5O9/c1-10(2)16(20(33)34)25-18(31)12(6-7-14(26)27)23-19(32)13(9-15(28)29)24-17(30)11(22)5-3-4-8-21/h10-13,16H,3-9,21-22H2,1-2H3,(H,23,32)(H,24,30)(H,25,31)(H,26,27)(H,28,29)(H,33,34). The molecule has 0 aliphatic rings. The molecule has 0 heterocycles. The van der Waals surface area contributed by atoms with Gasteiger partial charge in [-0.25, -0.2) is 4.79 Å². The largest absolute Gasteiger partial charge is 0.481 e. The van der Waals surface area contributed by atoms with Gasteiger partial charge in [-0.15, -0.1) is 0 Å². The van der Waals surface area contributed by atoms with Gasteiger partial charge in [0.1, 0.15) is 18.1 Å². The quantitative estimate of drug-likeness (QED) is 0.103. The van der Waals surface area contributed by atoms with Crippen LogP contribution in [0.1, 0.15) is 52.4 Å². The molecule has 0 saturated carbocycles. The number of amides is 3. The number of nitrogens with two attached hydrogens (primary N) is 2. The van der Waals surface area contributed by atoms with Crippen LogP contribution in [0.3, 0.4) is 0 Å². The molecule has 4 atom stereocenters. The molecular weight excluding hydrogens is 454 g/mol. The van der Waals surface area contributed by atoms with Crippen molar-refractivity contribution in [2.24, 2.45) is 17.4 Å². The molecule has 34 heavy (non-hydrogen) atoms. The van der Waals surface area contributed by atoms with Crippen LogP contribution in [0.2, 0.25) is 0 Å². The number of unbranched alkanes of at least 4 members (excludes halogenated alkanes) is 1. The van der Waals surface area contributed by atoms with Crippen molar-refractivity contribution < 1.29 is 44.1 Å². The zero-order valence-electron chi connectivity index (χ0n) is 19.3. The van der Waals surface area contributed by atoms with Crippen LogP contribution in [0.25, 0.3) is 0 Å². The fourth-order valence-electron chi connectivity index (χ4n) is 2.88. The minimum atomic E-state index is -1.61. The average molecular weight is 490 g/mol. The maximum absolute atomic E-state index is 12.7. The summed E-state index contributed by atoms with van der Waals surface area (Å²) in [4.78, 5) is 71.2. The van der Waals surface area contributed by atoms with Gasteiger partial charge >= 0.3 is 17.9 Å². The molecule has 0 aliphatic heterocycles. The molecule has 0 aromatic carbocycles. The number of hydrogen-bond acceptors (Lipinski definition) is 8. The monoisotopic (exact) mass is 489 g/mol.